The van der Waals surface area contributed by atoms with Crippen molar-refractivity contribution in [2.24, 2.45) is 5.92 Å². The smallest absolute Gasteiger partial charge is 0.157 e. The minimum atomic E-state index is -0.0439. The molecule has 5 nitrogen and oxygen atoms in total. The molecule has 1 unspecified atom stereocenters. The zero-order valence-corrected chi connectivity index (χ0v) is 13.3. The first-order chi connectivity index (χ1) is 9.58. The highest BCUT2D eigenvalue weighted by molar-refractivity contribution is 5.11. The molecule has 5 heteroatoms. The van der Waals surface area contributed by atoms with Crippen LogP contribution in [-0.4, -0.2) is 36.8 Å². The maximum atomic E-state index is 5.78. The van der Waals surface area contributed by atoms with Gasteiger partial charge in [-0.2, -0.15) is 0 Å². The van der Waals surface area contributed by atoms with Crippen LogP contribution in [0.5, 0.6) is 0 Å². The van der Waals surface area contributed by atoms with Crippen LogP contribution in [0.25, 0.3) is 0 Å². The van der Waals surface area contributed by atoms with Crippen molar-refractivity contribution in [3.8, 4) is 0 Å². The summed E-state index contributed by atoms with van der Waals surface area (Å²) in [5, 5.41) is 3.30. The van der Waals surface area contributed by atoms with E-state index in [1.54, 1.807) is 7.11 Å². The van der Waals surface area contributed by atoms with Gasteiger partial charge in [-0.15, -0.1) is 0 Å². The molecule has 0 amide bonds. The summed E-state index contributed by atoms with van der Waals surface area (Å²) < 4.78 is 10.8. The molecule has 0 aromatic carbocycles. The van der Waals surface area contributed by atoms with Crippen LogP contribution in [-0.2, 0) is 16.0 Å². The Hall–Kier alpha value is -1.04. The van der Waals surface area contributed by atoms with Crippen LogP contribution in [0.3, 0.4) is 0 Å². The number of aryl methyl sites for hydroxylation is 1. The van der Waals surface area contributed by atoms with Crippen molar-refractivity contribution in [1.29, 1.82) is 0 Å². The lowest BCUT2D eigenvalue weighted by Crippen LogP contribution is -2.21. The molecule has 114 valence electrons. The normalized spacial score (nSPS) is 12.9. The molecule has 0 saturated heterocycles. The molecule has 0 aliphatic rings. The lowest BCUT2D eigenvalue weighted by Gasteiger charge is -2.20. The zero-order chi connectivity index (χ0) is 15.0. The third-order valence-corrected chi connectivity index (χ3v) is 2.92. The second-order valence-corrected chi connectivity index (χ2v) is 5.15. The van der Waals surface area contributed by atoms with Gasteiger partial charge in [0.05, 0.1) is 12.3 Å². The average Bonchev–Trinajstić information content (AvgIpc) is 2.40. The van der Waals surface area contributed by atoms with E-state index in [4.69, 9.17) is 9.47 Å². The van der Waals surface area contributed by atoms with Crippen molar-refractivity contribution in [3.63, 3.8) is 0 Å². The maximum Gasteiger partial charge on any atom is 0.157 e. The molecule has 1 heterocycles. The summed E-state index contributed by atoms with van der Waals surface area (Å²) in [6.45, 7) is 11.1. The second kappa shape index (κ2) is 9.00. The molecule has 1 aromatic rings. The Labute approximate surface area is 122 Å². The van der Waals surface area contributed by atoms with Gasteiger partial charge >= 0.3 is 0 Å². The highest BCUT2D eigenvalue weighted by Gasteiger charge is 2.19. The van der Waals surface area contributed by atoms with E-state index in [2.05, 4.69) is 29.1 Å². The van der Waals surface area contributed by atoms with Gasteiger partial charge < -0.3 is 14.8 Å². The predicted molar refractivity (Wildman–Crippen MR) is 79.6 cm³/mol. The van der Waals surface area contributed by atoms with Crippen molar-refractivity contribution in [3.05, 3.63) is 23.3 Å². The quantitative estimate of drug-likeness (QED) is 0.704. The number of hydrogen-bond donors (Lipinski definition) is 1. The Morgan fingerprint density at radius 2 is 2.05 bits per heavy atom. The molecule has 1 atom stereocenters. The number of nitrogens with one attached hydrogen (secondary N) is 1. The minimum absolute atomic E-state index is 0.0439. The summed E-state index contributed by atoms with van der Waals surface area (Å²) in [5.41, 5.74) is 1.97. The van der Waals surface area contributed by atoms with Gasteiger partial charge in [0, 0.05) is 32.5 Å². The van der Waals surface area contributed by atoms with Gasteiger partial charge in [0.15, 0.2) is 5.82 Å². The predicted octanol–water partition coefficient (Wildman–Crippen LogP) is 2.25. The first-order valence-electron chi connectivity index (χ1n) is 7.24. The summed E-state index contributed by atoms with van der Waals surface area (Å²) in [4.78, 5) is 9.16. The fourth-order valence-electron chi connectivity index (χ4n) is 2.01. The van der Waals surface area contributed by atoms with Crippen LogP contribution in [0, 0.1) is 12.8 Å². The number of ether oxygens (including phenoxy) is 2. The average molecular weight is 281 g/mol. The summed E-state index contributed by atoms with van der Waals surface area (Å²) in [7, 11) is 1.70. The summed E-state index contributed by atoms with van der Waals surface area (Å²) in [6.07, 6.45) is -0.0439. The molecule has 0 fully saturated rings. The monoisotopic (exact) mass is 281 g/mol. The standard InChI is InChI=1S/C15H27N3O2/c1-6-20-14(11(2)3)15-17-12(4)9-13(18-15)10-16-7-8-19-5/h9,11,14,16H,6-8,10H2,1-5H3. The molecular formula is C15H27N3O2. The van der Waals surface area contributed by atoms with Crippen molar-refractivity contribution in [2.75, 3.05) is 26.9 Å². The molecule has 1 aromatic heterocycles. The Morgan fingerprint density at radius 3 is 2.65 bits per heavy atom. The van der Waals surface area contributed by atoms with Gasteiger partial charge in [0.2, 0.25) is 0 Å². The second-order valence-electron chi connectivity index (χ2n) is 5.15. The molecule has 20 heavy (non-hydrogen) atoms. The van der Waals surface area contributed by atoms with Gasteiger partial charge in [0.25, 0.3) is 0 Å². The fourth-order valence-corrected chi connectivity index (χ4v) is 2.01. The van der Waals surface area contributed by atoms with Gasteiger partial charge in [-0.1, -0.05) is 13.8 Å². The van der Waals surface area contributed by atoms with Crippen molar-refractivity contribution >= 4 is 0 Å². The Morgan fingerprint density at radius 1 is 1.30 bits per heavy atom. The SMILES string of the molecule is CCOC(c1nc(C)cc(CNCCOC)n1)C(C)C. The number of aromatic nitrogens is 2. The number of hydrogen-bond acceptors (Lipinski definition) is 5. The number of methoxy groups -OCH3 is 1. The van der Waals surface area contributed by atoms with Crippen LogP contribution < -0.4 is 5.32 Å². The van der Waals surface area contributed by atoms with Crippen LogP contribution >= 0.6 is 0 Å². The van der Waals surface area contributed by atoms with Crippen molar-refractivity contribution in [1.82, 2.24) is 15.3 Å². The molecule has 0 radical (unpaired) electrons. The van der Waals surface area contributed by atoms with Crippen LogP contribution in [0.2, 0.25) is 0 Å². The fraction of sp³-hybridized carbons (Fsp3) is 0.733. The molecule has 1 rings (SSSR count). The van der Waals surface area contributed by atoms with E-state index in [1.165, 1.54) is 0 Å². The van der Waals surface area contributed by atoms with E-state index in [0.29, 0.717) is 19.1 Å². The van der Waals surface area contributed by atoms with E-state index in [-0.39, 0.29) is 6.10 Å². The highest BCUT2D eigenvalue weighted by atomic mass is 16.5. The Kier molecular flexibility index (Phi) is 7.65. The summed E-state index contributed by atoms with van der Waals surface area (Å²) in [6, 6.07) is 2.01. The Bertz CT molecular complexity index is 397. The first-order valence-corrected chi connectivity index (χ1v) is 7.24. The summed E-state index contributed by atoms with van der Waals surface area (Å²) in [5.74, 6) is 1.14. The van der Waals surface area contributed by atoms with Gasteiger partial charge in [-0.25, -0.2) is 9.97 Å². The minimum Gasteiger partial charge on any atom is -0.383 e. The molecule has 0 aliphatic carbocycles. The number of nitrogens with zero attached hydrogens (tertiary/aromatic N) is 2. The number of rotatable bonds is 9. The third-order valence-electron chi connectivity index (χ3n) is 2.92. The largest absolute Gasteiger partial charge is 0.383 e. The molecule has 1 N–H and O–H groups in total. The lowest BCUT2D eigenvalue weighted by atomic mass is 10.1. The van der Waals surface area contributed by atoms with Gasteiger partial charge in [0.1, 0.15) is 6.10 Å². The maximum absolute atomic E-state index is 5.78. The molecule has 0 saturated carbocycles. The van der Waals surface area contributed by atoms with E-state index in [9.17, 15) is 0 Å². The third kappa shape index (κ3) is 5.53. The topological polar surface area (TPSA) is 56.3 Å². The Balaban J connectivity index is 2.78. The van der Waals surface area contributed by atoms with Crippen LogP contribution in [0.1, 0.15) is 44.1 Å². The molecule has 0 spiro atoms. The van der Waals surface area contributed by atoms with E-state index in [0.717, 1.165) is 30.3 Å². The lowest BCUT2D eigenvalue weighted by molar-refractivity contribution is 0.0229. The van der Waals surface area contributed by atoms with Crippen molar-refractivity contribution in [2.45, 2.75) is 40.3 Å². The van der Waals surface area contributed by atoms with E-state index >= 15 is 0 Å². The molecule has 0 bridgehead atoms. The van der Waals surface area contributed by atoms with Gasteiger partial charge in [-0.3, -0.25) is 0 Å². The van der Waals surface area contributed by atoms with E-state index in [1.807, 2.05) is 19.9 Å². The highest BCUT2D eigenvalue weighted by Crippen LogP contribution is 2.23. The first kappa shape index (κ1) is 17.0. The van der Waals surface area contributed by atoms with Crippen LogP contribution in [0.15, 0.2) is 6.07 Å². The van der Waals surface area contributed by atoms with Crippen LogP contribution in [0.4, 0.5) is 0 Å². The van der Waals surface area contributed by atoms with Gasteiger partial charge in [-0.05, 0) is 25.8 Å². The van der Waals surface area contributed by atoms with E-state index < -0.39 is 0 Å². The zero-order valence-electron chi connectivity index (χ0n) is 13.3. The van der Waals surface area contributed by atoms with Crippen molar-refractivity contribution < 1.29 is 9.47 Å². The molecule has 0 aliphatic heterocycles. The summed E-state index contributed by atoms with van der Waals surface area (Å²) >= 11 is 0. The molecular weight excluding hydrogens is 254 g/mol.